The molecule has 3 aromatic carbocycles. The SMILES string of the molecule is O=C(c1ccccc1)c1ccc(OCC(=O)N2CCCSC2=Nc2cccc(C(F)(F)F)c2)cc1. The van der Waals surface area contributed by atoms with Crippen LogP contribution in [0.15, 0.2) is 83.9 Å². The van der Waals surface area contributed by atoms with Gasteiger partial charge in [0, 0.05) is 23.4 Å². The first-order valence-electron chi connectivity index (χ1n) is 10.8. The quantitative estimate of drug-likeness (QED) is 0.393. The third-order valence-corrected chi connectivity index (χ3v) is 6.26. The highest BCUT2D eigenvalue weighted by molar-refractivity contribution is 8.13. The van der Waals surface area contributed by atoms with Gasteiger partial charge in [-0.05, 0) is 48.9 Å². The maximum Gasteiger partial charge on any atom is 0.416 e. The summed E-state index contributed by atoms with van der Waals surface area (Å²) in [6, 6.07) is 20.1. The van der Waals surface area contributed by atoms with E-state index in [9.17, 15) is 22.8 Å². The number of thioether (sulfide) groups is 1. The molecule has 0 unspecified atom stereocenters. The van der Waals surface area contributed by atoms with Gasteiger partial charge in [0.05, 0.1) is 11.3 Å². The van der Waals surface area contributed by atoms with Gasteiger partial charge in [-0.25, -0.2) is 4.99 Å². The minimum atomic E-state index is -4.47. The summed E-state index contributed by atoms with van der Waals surface area (Å²) >= 11 is 1.31. The van der Waals surface area contributed by atoms with Crippen LogP contribution in [0.1, 0.15) is 27.9 Å². The summed E-state index contributed by atoms with van der Waals surface area (Å²) in [6.45, 7) is 0.131. The van der Waals surface area contributed by atoms with Gasteiger partial charge in [0.25, 0.3) is 5.91 Å². The fourth-order valence-electron chi connectivity index (χ4n) is 3.43. The van der Waals surface area contributed by atoms with Crippen molar-refractivity contribution in [3.05, 3.63) is 95.6 Å². The predicted octanol–water partition coefficient (Wildman–Crippen LogP) is 5.97. The monoisotopic (exact) mass is 498 g/mol. The van der Waals surface area contributed by atoms with Crippen LogP contribution >= 0.6 is 11.8 Å². The van der Waals surface area contributed by atoms with Crippen molar-refractivity contribution in [1.82, 2.24) is 4.90 Å². The van der Waals surface area contributed by atoms with E-state index in [0.717, 1.165) is 18.6 Å². The molecule has 0 aromatic heterocycles. The molecule has 180 valence electrons. The molecule has 1 saturated heterocycles. The van der Waals surface area contributed by atoms with Crippen LogP contribution in [0.3, 0.4) is 0 Å². The fourth-order valence-corrected chi connectivity index (χ4v) is 4.40. The molecule has 0 saturated carbocycles. The summed E-state index contributed by atoms with van der Waals surface area (Å²) < 4.78 is 44.7. The van der Waals surface area contributed by atoms with E-state index in [-0.39, 0.29) is 24.0 Å². The zero-order chi connectivity index (χ0) is 24.8. The molecular weight excluding hydrogens is 477 g/mol. The molecule has 5 nitrogen and oxygen atoms in total. The number of aliphatic imine (C=N–C) groups is 1. The van der Waals surface area contributed by atoms with Crippen molar-refractivity contribution in [2.24, 2.45) is 4.99 Å². The van der Waals surface area contributed by atoms with Crippen molar-refractivity contribution in [2.75, 3.05) is 18.9 Å². The number of rotatable bonds is 6. The molecule has 1 aliphatic heterocycles. The van der Waals surface area contributed by atoms with E-state index in [1.54, 1.807) is 48.5 Å². The Kier molecular flexibility index (Phi) is 7.55. The number of carbonyl (C=O) groups excluding carboxylic acids is 2. The van der Waals surface area contributed by atoms with Crippen LogP contribution in [-0.4, -0.2) is 40.7 Å². The van der Waals surface area contributed by atoms with Gasteiger partial charge in [-0.15, -0.1) is 0 Å². The normalized spacial score (nSPS) is 15.2. The Morgan fingerprint density at radius 1 is 0.943 bits per heavy atom. The summed E-state index contributed by atoms with van der Waals surface area (Å²) in [6.07, 6.45) is -3.74. The van der Waals surface area contributed by atoms with Crippen molar-refractivity contribution >= 4 is 34.3 Å². The Morgan fingerprint density at radius 2 is 1.66 bits per heavy atom. The molecule has 1 aliphatic rings. The van der Waals surface area contributed by atoms with Crippen LogP contribution in [0.25, 0.3) is 0 Å². The number of ether oxygens (including phenoxy) is 1. The lowest BCUT2D eigenvalue weighted by Gasteiger charge is -2.27. The first kappa shape index (κ1) is 24.5. The van der Waals surface area contributed by atoms with Gasteiger partial charge in [0.15, 0.2) is 17.6 Å². The van der Waals surface area contributed by atoms with E-state index in [2.05, 4.69) is 4.99 Å². The van der Waals surface area contributed by atoms with Crippen molar-refractivity contribution < 1.29 is 27.5 Å². The van der Waals surface area contributed by atoms with Gasteiger partial charge in [-0.2, -0.15) is 13.2 Å². The molecule has 0 aliphatic carbocycles. The maximum atomic E-state index is 13.0. The topological polar surface area (TPSA) is 59.0 Å². The van der Waals surface area contributed by atoms with Crippen molar-refractivity contribution in [1.29, 1.82) is 0 Å². The van der Waals surface area contributed by atoms with Gasteiger partial charge in [0.2, 0.25) is 0 Å². The summed E-state index contributed by atoms with van der Waals surface area (Å²) in [5.74, 6) is 0.657. The van der Waals surface area contributed by atoms with Gasteiger partial charge >= 0.3 is 6.18 Å². The van der Waals surface area contributed by atoms with Crippen molar-refractivity contribution in [3.63, 3.8) is 0 Å². The number of ketones is 1. The lowest BCUT2D eigenvalue weighted by Crippen LogP contribution is -2.41. The van der Waals surface area contributed by atoms with Gasteiger partial charge < -0.3 is 4.74 Å². The van der Waals surface area contributed by atoms with E-state index in [1.165, 1.54) is 28.8 Å². The number of benzene rings is 3. The van der Waals surface area contributed by atoms with Crippen LogP contribution in [0.4, 0.5) is 18.9 Å². The summed E-state index contributed by atoms with van der Waals surface area (Å²) in [7, 11) is 0. The molecule has 4 rings (SSSR count). The fraction of sp³-hybridized carbons (Fsp3) is 0.192. The minimum absolute atomic E-state index is 0.117. The average Bonchev–Trinajstić information content (AvgIpc) is 2.88. The Labute approximate surface area is 204 Å². The highest BCUT2D eigenvalue weighted by Gasteiger charge is 2.31. The number of nitrogens with zero attached hydrogens (tertiary/aromatic N) is 2. The summed E-state index contributed by atoms with van der Waals surface area (Å²) in [5.41, 5.74) is 0.404. The highest BCUT2D eigenvalue weighted by atomic mass is 32.2. The Balaban J connectivity index is 1.41. The first-order valence-corrected chi connectivity index (χ1v) is 11.8. The number of amides is 1. The molecule has 35 heavy (non-hydrogen) atoms. The molecule has 0 spiro atoms. The van der Waals surface area contributed by atoms with E-state index in [4.69, 9.17) is 4.74 Å². The number of hydrogen-bond acceptors (Lipinski definition) is 5. The Hall–Kier alpha value is -3.59. The molecule has 9 heteroatoms. The van der Waals surface area contributed by atoms with Crippen LogP contribution < -0.4 is 4.74 Å². The zero-order valence-corrected chi connectivity index (χ0v) is 19.3. The molecule has 0 atom stereocenters. The molecule has 1 heterocycles. The van der Waals surface area contributed by atoms with E-state index in [0.29, 0.717) is 34.3 Å². The Bertz CT molecular complexity index is 1230. The first-order chi connectivity index (χ1) is 16.8. The second-order valence-electron chi connectivity index (χ2n) is 7.70. The lowest BCUT2D eigenvalue weighted by atomic mass is 10.0. The van der Waals surface area contributed by atoms with Crippen LogP contribution in [0.5, 0.6) is 5.75 Å². The molecule has 1 amide bonds. The minimum Gasteiger partial charge on any atom is -0.484 e. The van der Waals surface area contributed by atoms with Crippen molar-refractivity contribution in [2.45, 2.75) is 12.6 Å². The number of carbonyl (C=O) groups is 2. The van der Waals surface area contributed by atoms with E-state index >= 15 is 0 Å². The number of amidine groups is 1. The number of alkyl halides is 3. The molecule has 1 fully saturated rings. The Morgan fingerprint density at radius 3 is 2.37 bits per heavy atom. The van der Waals surface area contributed by atoms with Gasteiger partial charge in [-0.1, -0.05) is 48.2 Å². The molecular formula is C26H21F3N2O3S. The standard InChI is InChI=1S/C26H21F3N2O3S/c27-26(28,29)20-8-4-9-21(16-20)30-25-31(14-5-15-35-25)23(32)17-34-22-12-10-19(11-13-22)24(33)18-6-2-1-3-7-18/h1-4,6-13,16H,5,14-15,17H2. The summed E-state index contributed by atoms with van der Waals surface area (Å²) in [5, 5.41) is 0.341. The average molecular weight is 499 g/mol. The number of halogens is 3. The zero-order valence-electron chi connectivity index (χ0n) is 18.5. The predicted molar refractivity (Wildman–Crippen MR) is 129 cm³/mol. The smallest absolute Gasteiger partial charge is 0.416 e. The van der Waals surface area contributed by atoms with Crippen molar-refractivity contribution in [3.8, 4) is 5.75 Å². The highest BCUT2D eigenvalue weighted by Crippen LogP contribution is 2.32. The van der Waals surface area contributed by atoms with Crippen LogP contribution in [0, 0.1) is 0 Å². The van der Waals surface area contributed by atoms with Gasteiger partial charge in [0.1, 0.15) is 5.75 Å². The molecule has 0 bridgehead atoms. The third-order valence-electron chi connectivity index (χ3n) is 5.20. The molecule has 0 radical (unpaired) electrons. The van der Waals surface area contributed by atoms with Crippen LogP contribution in [-0.2, 0) is 11.0 Å². The summed E-state index contributed by atoms with van der Waals surface area (Å²) in [4.78, 5) is 31.1. The molecule has 3 aromatic rings. The van der Waals surface area contributed by atoms with E-state index < -0.39 is 11.7 Å². The largest absolute Gasteiger partial charge is 0.484 e. The molecule has 0 N–H and O–H groups in total. The third kappa shape index (κ3) is 6.30. The number of hydrogen-bond donors (Lipinski definition) is 0. The van der Waals surface area contributed by atoms with E-state index in [1.807, 2.05) is 6.07 Å². The lowest BCUT2D eigenvalue weighted by molar-refractivity contribution is -0.137. The van der Waals surface area contributed by atoms with Gasteiger partial charge in [-0.3, -0.25) is 14.5 Å². The second kappa shape index (κ2) is 10.8. The maximum absolute atomic E-state index is 13.0. The van der Waals surface area contributed by atoms with Crippen LogP contribution in [0.2, 0.25) is 0 Å². The second-order valence-corrected chi connectivity index (χ2v) is 8.76.